The van der Waals surface area contributed by atoms with Gasteiger partial charge in [0, 0.05) is 5.75 Å². The van der Waals surface area contributed by atoms with Crippen molar-refractivity contribution in [2.75, 3.05) is 5.75 Å². The predicted molar refractivity (Wildman–Crippen MR) is 60.9 cm³/mol. The maximum absolute atomic E-state index is 10.4. The van der Waals surface area contributed by atoms with Crippen molar-refractivity contribution in [2.45, 2.75) is 17.5 Å². The monoisotopic (exact) mass is 269 g/mol. The van der Waals surface area contributed by atoms with Crippen LogP contribution in [0.1, 0.15) is 0 Å². The number of aliphatic carboxylic acids is 2. The van der Waals surface area contributed by atoms with Gasteiger partial charge in [-0.3, -0.25) is 9.59 Å². The summed E-state index contributed by atoms with van der Waals surface area (Å²) in [6.07, 6.45) is 0. The first-order valence-electron chi connectivity index (χ1n) is 3.97. The van der Waals surface area contributed by atoms with Crippen LogP contribution in [0, 0.1) is 4.91 Å². The lowest BCUT2D eigenvalue weighted by Crippen LogP contribution is -2.38. The Morgan fingerprint density at radius 2 is 1.81 bits per heavy atom. The molecule has 0 spiro atoms. The predicted octanol–water partition coefficient (Wildman–Crippen LogP) is -0.716. The molecule has 0 rings (SSSR count). The van der Waals surface area contributed by atoms with Gasteiger partial charge in [-0.05, 0) is 0 Å². The van der Waals surface area contributed by atoms with E-state index >= 15 is 0 Å². The third kappa shape index (κ3) is 5.30. The lowest BCUT2D eigenvalue weighted by molar-refractivity contribution is -0.139. The highest BCUT2D eigenvalue weighted by Crippen LogP contribution is 2.29. The fourth-order valence-corrected chi connectivity index (χ4v) is 2.86. The van der Waals surface area contributed by atoms with Crippen molar-refractivity contribution >= 4 is 33.5 Å². The summed E-state index contributed by atoms with van der Waals surface area (Å²) in [5, 5.41) is 18.3. The van der Waals surface area contributed by atoms with Gasteiger partial charge in [0.25, 0.3) is 0 Å². The molecule has 6 N–H and O–H groups in total. The summed E-state index contributed by atoms with van der Waals surface area (Å²) in [6, 6.07) is -2.50. The second-order valence-electron chi connectivity index (χ2n) is 2.69. The van der Waals surface area contributed by atoms with Gasteiger partial charge in [0.05, 0.1) is 0 Å². The van der Waals surface area contributed by atoms with E-state index in [0.717, 1.165) is 21.6 Å². The minimum atomic E-state index is -1.42. The molecule has 0 amide bonds. The summed E-state index contributed by atoms with van der Waals surface area (Å²) >= 11 is 0. The van der Waals surface area contributed by atoms with Crippen LogP contribution in [0.4, 0.5) is 0 Å². The van der Waals surface area contributed by atoms with E-state index in [1.807, 2.05) is 0 Å². The van der Waals surface area contributed by atoms with Crippen LogP contribution in [0.2, 0.25) is 0 Å². The summed E-state index contributed by atoms with van der Waals surface area (Å²) in [6.45, 7) is 0. The molecule has 0 aliphatic carbocycles. The maximum Gasteiger partial charge on any atom is 0.323 e. The topological polar surface area (TPSA) is 156 Å². The first-order valence-corrected chi connectivity index (χ1v) is 6.35. The van der Waals surface area contributed by atoms with E-state index in [2.05, 4.69) is 5.18 Å². The van der Waals surface area contributed by atoms with E-state index in [0.29, 0.717) is 0 Å². The molecule has 0 aromatic heterocycles. The highest BCUT2D eigenvalue weighted by atomic mass is 33.1. The summed E-state index contributed by atoms with van der Waals surface area (Å²) in [7, 11) is 1.73. The zero-order chi connectivity index (χ0) is 12.7. The summed E-state index contributed by atoms with van der Waals surface area (Å²) in [4.78, 5) is 31.1. The lowest BCUT2D eigenvalue weighted by Gasteiger charge is -2.12. The molecular weight excluding hydrogens is 258 g/mol. The summed E-state index contributed by atoms with van der Waals surface area (Å²) in [5.41, 5.74) is 10.4. The first kappa shape index (κ1) is 15.2. The van der Waals surface area contributed by atoms with Crippen LogP contribution in [0.5, 0.6) is 0 Å². The third-order valence-electron chi connectivity index (χ3n) is 1.43. The number of nitroso groups, excluding NO2 is 1. The van der Waals surface area contributed by atoms with Crippen LogP contribution < -0.4 is 11.5 Å². The Bertz CT molecular complexity index is 277. The van der Waals surface area contributed by atoms with Gasteiger partial charge in [0.1, 0.15) is 12.1 Å². The van der Waals surface area contributed by atoms with Crippen molar-refractivity contribution in [3.8, 4) is 0 Å². The Balaban J connectivity index is 4.02. The number of nitrogens with two attached hydrogens (primary N) is 2. The summed E-state index contributed by atoms with van der Waals surface area (Å²) < 4.78 is 0. The van der Waals surface area contributed by atoms with Crippen molar-refractivity contribution in [1.82, 2.24) is 0 Å². The second kappa shape index (κ2) is 7.44. The molecule has 8 nitrogen and oxygen atoms in total. The number of hydrogen-bond acceptors (Lipinski definition) is 8. The zero-order valence-electron chi connectivity index (χ0n) is 7.98. The smallest absolute Gasteiger partial charge is 0.323 e. The fraction of sp³-hybridized carbons (Fsp3) is 0.667. The van der Waals surface area contributed by atoms with Gasteiger partial charge >= 0.3 is 11.9 Å². The zero-order valence-corrected chi connectivity index (χ0v) is 9.61. The summed E-state index contributed by atoms with van der Waals surface area (Å²) in [5.74, 6) is -2.50. The Labute approximate surface area is 98.5 Å². The Morgan fingerprint density at radius 3 is 2.19 bits per heavy atom. The van der Waals surface area contributed by atoms with Crippen molar-refractivity contribution in [2.24, 2.45) is 16.6 Å². The van der Waals surface area contributed by atoms with Crippen LogP contribution in [0.15, 0.2) is 5.18 Å². The van der Waals surface area contributed by atoms with E-state index in [-0.39, 0.29) is 5.75 Å². The van der Waals surface area contributed by atoms with Gasteiger partial charge in [-0.1, -0.05) is 26.8 Å². The number of hydrogen-bond donors (Lipinski definition) is 4. The van der Waals surface area contributed by atoms with Gasteiger partial charge < -0.3 is 21.7 Å². The number of carboxylic acids is 2. The average molecular weight is 269 g/mol. The van der Waals surface area contributed by atoms with E-state index < -0.39 is 29.4 Å². The molecule has 10 heteroatoms. The number of nitrogens with zero attached hydrogens (tertiary/aromatic N) is 1. The molecule has 0 aromatic rings. The van der Waals surface area contributed by atoms with Crippen LogP contribution in [0.25, 0.3) is 0 Å². The van der Waals surface area contributed by atoms with E-state index in [1.54, 1.807) is 0 Å². The number of carboxylic acid groups (broad SMARTS) is 2. The second-order valence-corrected chi connectivity index (χ2v) is 5.21. The molecule has 0 aliphatic heterocycles. The molecule has 0 radical (unpaired) electrons. The van der Waals surface area contributed by atoms with E-state index in [1.165, 1.54) is 0 Å². The Hall–Kier alpha value is -0.840. The van der Waals surface area contributed by atoms with E-state index in [9.17, 15) is 14.5 Å². The molecular formula is C6H11N3O5S2. The molecule has 0 aliphatic rings. The lowest BCUT2D eigenvalue weighted by atomic mass is 10.3. The molecule has 0 aromatic carbocycles. The van der Waals surface area contributed by atoms with Crippen molar-refractivity contribution < 1.29 is 19.8 Å². The van der Waals surface area contributed by atoms with Gasteiger partial charge in [0.15, 0.2) is 5.37 Å². The maximum atomic E-state index is 10.4. The standard InChI is InChI=1S/C6H11N3O5S2/c7-2(5(10)11)1-15-16-4(9-14)3(8)6(12)13/h2-4H,1,7-8H2,(H,10,11)(H,12,13)/t2-,3-,4?/m0/s1. The van der Waals surface area contributed by atoms with Crippen molar-refractivity contribution in [3.63, 3.8) is 0 Å². The molecule has 0 bridgehead atoms. The van der Waals surface area contributed by atoms with E-state index in [4.69, 9.17) is 21.7 Å². The van der Waals surface area contributed by atoms with Gasteiger partial charge in [-0.25, -0.2) is 0 Å². The quantitative estimate of drug-likeness (QED) is 0.330. The number of carbonyl (C=O) groups is 2. The minimum Gasteiger partial charge on any atom is -0.480 e. The highest BCUT2D eigenvalue weighted by molar-refractivity contribution is 8.77. The number of rotatable bonds is 8. The van der Waals surface area contributed by atoms with Crippen LogP contribution in [0.3, 0.4) is 0 Å². The molecule has 92 valence electrons. The average Bonchev–Trinajstić information content (AvgIpc) is 2.22. The van der Waals surface area contributed by atoms with Gasteiger partial charge in [0.2, 0.25) is 0 Å². The third-order valence-corrected chi connectivity index (χ3v) is 4.04. The molecule has 3 atom stereocenters. The highest BCUT2D eigenvalue weighted by Gasteiger charge is 2.26. The molecule has 16 heavy (non-hydrogen) atoms. The fourth-order valence-electron chi connectivity index (χ4n) is 0.519. The Morgan fingerprint density at radius 1 is 1.25 bits per heavy atom. The SMILES string of the molecule is N[C@H](C(=O)O)C(N=O)SSC[C@H](N)C(=O)O. The first-order chi connectivity index (χ1) is 7.40. The van der Waals surface area contributed by atoms with Crippen LogP contribution in [-0.2, 0) is 9.59 Å². The molecule has 0 fully saturated rings. The minimum absolute atomic E-state index is 0.0261. The largest absolute Gasteiger partial charge is 0.480 e. The normalized spacial score (nSPS) is 16.1. The van der Waals surface area contributed by atoms with Crippen molar-refractivity contribution in [3.05, 3.63) is 4.91 Å². The van der Waals surface area contributed by atoms with Crippen LogP contribution in [-0.4, -0.2) is 45.4 Å². The molecule has 0 saturated heterocycles. The van der Waals surface area contributed by atoms with Crippen molar-refractivity contribution in [1.29, 1.82) is 0 Å². The molecule has 0 heterocycles. The van der Waals surface area contributed by atoms with Crippen LogP contribution >= 0.6 is 21.6 Å². The molecule has 1 unspecified atom stereocenters. The Kier molecular flexibility index (Phi) is 7.05. The van der Waals surface area contributed by atoms with Gasteiger partial charge in [-0.2, -0.15) is 0 Å². The molecule has 0 saturated carbocycles. The van der Waals surface area contributed by atoms with Gasteiger partial charge in [-0.15, -0.1) is 4.91 Å².